The number of rotatable bonds is 7. The summed E-state index contributed by atoms with van der Waals surface area (Å²) in [6, 6.07) is 7.51. The predicted molar refractivity (Wildman–Crippen MR) is 114 cm³/mol. The van der Waals surface area contributed by atoms with E-state index in [1.807, 2.05) is 38.3 Å². The number of fused-ring (bicyclic) bond motifs is 1. The van der Waals surface area contributed by atoms with Gasteiger partial charge in [0, 0.05) is 22.0 Å². The molecule has 3 aromatic rings. The number of carbonyl (C=O) groups is 1. The molecule has 8 heteroatoms. The molecular formula is C20H24ClN4O2S+. The van der Waals surface area contributed by atoms with Crippen LogP contribution in [0.5, 0.6) is 0 Å². The largest absolute Gasteiger partial charge is 0.349 e. The molecule has 1 atom stereocenters. The average molecular weight is 420 g/mol. The molecule has 0 aliphatic heterocycles. The molecule has 0 aliphatic carbocycles. The molecule has 6 nitrogen and oxygen atoms in total. The van der Waals surface area contributed by atoms with E-state index in [1.54, 1.807) is 12.1 Å². The van der Waals surface area contributed by atoms with Crippen LogP contribution < -0.4 is 15.8 Å². The molecule has 0 saturated carbocycles. The second-order valence-electron chi connectivity index (χ2n) is 7.03. The van der Waals surface area contributed by atoms with Crippen LogP contribution in [-0.2, 0) is 11.3 Å². The molecule has 2 aromatic heterocycles. The molecule has 28 heavy (non-hydrogen) atoms. The zero-order valence-corrected chi connectivity index (χ0v) is 17.7. The Bertz CT molecular complexity index is 1030. The average Bonchev–Trinajstić information content (AvgIpc) is 3.05. The van der Waals surface area contributed by atoms with Crippen molar-refractivity contribution in [2.45, 2.75) is 33.4 Å². The highest BCUT2D eigenvalue weighted by molar-refractivity contribution is 7.17. The molecule has 0 radical (unpaired) electrons. The summed E-state index contributed by atoms with van der Waals surface area (Å²) in [7, 11) is 0. The maximum absolute atomic E-state index is 12.8. The smallest absolute Gasteiger partial charge is 0.275 e. The summed E-state index contributed by atoms with van der Waals surface area (Å²) in [5.41, 5.74) is 1.63. The fourth-order valence-corrected chi connectivity index (χ4v) is 4.16. The topological polar surface area (TPSA) is 79.3 Å². The predicted octanol–water partition coefficient (Wildman–Crippen LogP) is 2.23. The Balaban J connectivity index is 1.85. The lowest BCUT2D eigenvalue weighted by molar-refractivity contribution is -0.904. The van der Waals surface area contributed by atoms with E-state index >= 15 is 0 Å². The molecule has 1 amide bonds. The van der Waals surface area contributed by atoms with E-state index in [4.69, 9.17) is 11.6 Å². The highest BCUT2D eigenvalue weighted by Crippen LogP contribution is 2.31. The quantitative estimate of drug-likeness (QED) is 0.549. The van der Waals surface area contributed by atoms with Crippen molar-refractivity contribution in [3.8, 4) is 11.1 Å². The minimum Gasteiger partial charge on any atom is -0.349 e. The number of benzene rings is 1. The van der Waals surface area contributed by atoms with Gasteiger partial charge in [0.25, 0.3) is 11.5 Å². The van der Waals surface area contributed by atoms with Crippen molar-refractivity contribution in [2.24, 2.45) is 0 Å². The maximum Gasteiger partial charge on any atom is 0.275 e. The third-order valence-corrected chi connectivity index (χ3v) is 5.55. The number of carbonyl (C=O) groups excluding carboxylic acids is 1. The first-order valence-electron chi connectivity index (χ1n) is 9.26. The molecule has 1 unspecified atom stereocenters. The van der Waals surface area contributed by atoms with Crippen LogP contribution in [0.4, 0.5) is 0 Å². The Kier molecular flexibility index (Phi) is 6.49. The molecule has 3 N–H and O–H groups in total. The van der Waals surface area contributed by atoms with Crippen molar-refractivity contribution in [3.05, 3.63) is 50.8 Å². The van der Waals surface area contributed by atoms with Gasteiger partial charge in [-0.25, -0.2) is 4.98 Å². The van der Waals surface area contributed by atoms with Crippen molar-refractivity contribution in [1.29, 1.82) is 0 Å². The second-order valence-corrected chi connectivity index (χ2v) is 8.32. The Hall–Kier alpha value is -2.22. The van der Waals surface area contributed by atoms with Crippen LogP contribution >= 0.6 is 22.9 Å². The van der Waals surface area contributed by atoms with E-state index in [-0.39, 0.29) is 17.5 Å². The number of nitrogens with one attached hydrogen (secondary N) is 3. The van der Waals surface area contributed by atoms with Gasteiger partial charge in [-0.1, -0.05) is 23.7 Å². The highest BCUT2D eigenvalue weighted by Gasteiger charge is 2.18. The Labute approximate surface area is 172 Å². The number of likely N-dealkylation sites (N-methyl/N-ethyl adjacent to an activating group) is 1. The zero-order chi connectivity index (χ0) is 20.3. The number of thiophene rings is 1. The van der Waals surface area contributed by atoms with E-state index in [0.29, 0.717) is 34.2 Å². The molecule has 0 spiro atoms. The van der Waals surface area contributed by atoms with Crippen LogP contribution in [0.2, 0.25) is 5.02 Å². The molecule has 148 valence electrons. The molecule has 0 fully saturated rings. The number of H-pyrrole nitrogens is 1. The summed E-state index contributed by atoms with van der Waals surface area (Å²) >= 11 is 7.41. The zero-order valence-electron chi connectivity index (χ0n) is 16.1. The first-order valence-corrected chi connectivity index (χ1v) is 10.5. The molecule has 1 aromatic carbocycles. The van der Waals surface area contributed by atoms with E-state index < -0.39 is 0 Å². The maximum atomic E-state index is 12.8. The third-order valence-electron chi connectivity index (χ3n) is 4.43. The lowest BCUT2D eigenvalue weighted by Gasteiger charge is -2.17. The van der Waals surface area contributed by atoms with Gasteiger partial charge in [-0.05, 0) is 38.5 Å². The first kappa shape index (κ1) is 20.5. The normalized spacial score (nSPS) is 12.5. The molecule has 3 rings (SSSR count). The van der Waals surface area contributed by atoms with Gasteiger partial charge in [0.1, 0.15) is 11.4 Å². The van der Waals surface area contributed by atoms with Crippen molar-refractivity contribution in [3.63, 3.8) is 0 Å². The number of nitrogens with zero attached hydrogens (tertiary/aromatic N) is 1. The van der Waals surface area contributed by atoms with Crippen molar-refractivity contribution < 1.29 is 9.69 Å². The number of hydrogen-bond acceptors (Lipinski definition) is 4. The van der Waals surface area contributed by atoms with Crippen LogP contribution in [0, 0.1) is 0 Å². The molecule has 0 aliphatic rings. The molecular weight excluding hydrogens is 396 g/mol. The fourth-order valence-electron chi connectivity index (χ4n) is 3.07. The van der Waals surface area contributed by atoms with E-state index in [2.05, 4.69) is 15.3 Å². The highest BCUT2D eigenvalue weighted by atomic mass is 35.5. The summed E-state index contributed by atoms with van der Waals surface area (Å²) < 4.78 is 0. The number of quaternary nitrogens is 1. The standard InChI is InChI=1S/C20H23ClN4O2S/c1-4-25(10-17(26)22-12(2)3)9-16-23-19(27)18-15(11-28-20(18)24-16)13-5-7-14(21)8-6-13/h5-8,11-12H,4,9-10H2,1-3H3,(H,22,26)(H,23,24,27)/p+1. The monoisotopic (exact) mass is 419 g/mol. The minimum absolute atomic E-state index is 0.00331. The Morgan fingerprint density at radius 1 is 1.32 bits per heavy atom. The second kappa shape index (κ2) is 8.86. The fraction of sp³-hybridized carbons (Fsp3) is 0.350. The van der Waals surface area contributed by atoms with Gasteiger partial charge >= 0.3 is 0 Å². The van der Waals surface area contributed by atoms with Gasteiger partial charge in [0.15, 0.2) is 12.4 Å². The summed E-state index contributed by atoms with van der Waals surface area (Å²) in [5.74, 6) is 0.590. The van der Waals surface area contributed by atoms with E-state index in [9.17, 15) is 9.59 Å². The summed E-state index contributed by atoms with van der Waals surface area (Å²) in [6.07, 6.45) is 0. The number of hydrogen-bond donors (Lipinski definition) is 3. The van der Waals surface area contributed by atoms with Gasteiger partial charge in [-0.15, -0.1) is 11.3 Å². The van der Waals surface area contributed by atoms with Crippen LogP contribution in [0.25, 0.3) is 21.3 Å². The van der Waals surface area contributed by atoms with Gasteiger partial charge in [0.05, 0.1) is 11.9 Å². The van der Waals surface area contributed by atoms with Crippen molar-refractivity contribution in [2.75, 3.05) is 13.1 Å². The van der Waals surface area contributed by atoms with Crippen LogP contribution in [0.3, 0.4) is 0 Å². The van der Waals surface area contributed by atoms with Gasteiger partial charge in [-0.3, -0.25) is 9.59 Å². The van der Waals surface area contributed by atoms with Crippen LogP contribution in [0.1, 0.15) is 26.6 Å². The lowest BCUT2D eigenvalue weighted by atomic mass is 10.1. The number of aromatic nitrogens is 2. The van der Waals surface area contributed by atoms with Gasteiger partial charge < -0.3 is 15.2 Å². The first-order chi connectivity index (χ1) is 13.4. The van der Waals surface area contributed by atoms with E-state index in [0.717, 1.165) is 22.6 Å². The van der Waals surface area contributed by atoms with Crippen LogP contribution in [0.15, 0.2) is 34.4 Å². The van der Waals surface area contributed by atoms with Crippen molar-refractivity contribution in [1.82, 2.24) is 15.3 Å². The number of halogens is 1. The number of amides is 1. The van der Waals surface area contributed by atoms with Gasteiger partial charge in [-0.2, -0.15) is 0 Å². The number of aromatic amines is 1. The Morgan fingerprint density at radius 3 is 2.68 bits per heavy atom. The SMILES string of the molecule is CC[NH+](CC(=O)NC(C)C)Cc1nc2scc(-c3ccc(Cl)cc3)c2c(=O)[nH]1. The summed E-state index contributed by atoms with van der Waals surface area (Å²) in [4.78, 5) is 34.1. The third kappa shape index (κ3) is 4.79. The molecule has 2 heterocycles. The molecule has 0 bridgehead atoms. The van der Waals surface area contributed by atoms with Crippen molar-refractivity contribution >= 4 is 39.1 Å². The molecule has 0 saturated heterocycles. The van der Waals surface area contributed by atoms with Gasteiger partial charge in [0.2, 0.25) is 0 Å². The van der Waals surface area contributed by atoms with E-state index in [1.165, 1.54) is 11.3 Å². The summed E-state index contributed by atoms with van der Waals surface area (Å²) in [5, 5.41) is 6.09. The lowest BCUT2D eigenvalue weighted by Crippen LogP contribution is -3.11. The summed E-state index contributed by atoms with van der Waals surface area (Å²) in [6.45, 7) is 7.47. The Morgan fingerprint density at radius 2 is 2.04 bits per heavy atom. The minimum atomic E-state index is -0.159. The van der Waals surface area contributed by atoms with Crippen LogP contribution in [-0.4, -0.2) is 35.0 Å².